The van der Waals surface area contributed by atoms with Gasteiger partial charge in [-0.25, -0.2) is 0 Å². The zero-order valence-corrected chi connectivity index (χ0v) is 5.06. The Hall–Kier alpha value is 0.165. The summed E-state index contributed by atoms with van der Waals surface area (Å²) in [6, 6.07) is 0. The maximum Gasteiger partial charge on any atom is 0.737 e. The molecule has 0 saturated heterocycles. The third kappa shape index (κ3) is 4.33. The second-order valence-electron chi connectivity index (χ2n) is 0.556. The Balaban J connectivity index is 0. The summed E-state index contributed by atoms with van der Waals surface area (Å²) in [6.45, 7) is 0. The van der Waals surface area contributed by atoms with E-state index in [0.29, 0.717) is 0 Å². The summed E-state index contributed by atoms with van der Waals surface area (Å²) in [5, 5.41) is 0. The fraction of sp³-hybridized carbons (Fsp3) is 0. The summed E-state index contributed by atoms with van der Waals surface area (Å²) in [5.41, 5.74) is 0. The van der Waals surface area contributed by atoms with Gasteiger partial charge in [0.05, 0.1) is 0 Å². The predicted octanol–water partition coefficient (Wildman–Crippen LogP) is 0.733. The number of hydrogen-bond donors (Lipinski definition) is 0. The second-order valence-corrected chi connectivity index (χ2v) is 0.556. The summed E-state index contributed by atoms with van der Waals surface area (Å²) in [4.78, 5) is 7.06. The smallest absolute Gasteiger partial charge is 0.185 e. The highest BCUT2D eigenvalue weighted by atomic mass is 31.0. The van der Waals surface area contributed by atoms with Crippen molar-refractivity contribution in [2.75, 3.05) is 0 Å². The Morgan fingerprint density at radius 3 is 1.12 bits per heavy atom. The molecule has 0 saturated carbocycles. The normalized spacial score (nSPS) is 7.88. The van der Waals surface area contributed by atoms with Gasteiger partial charge in [0.15, 0.2) is 0 Å². The van der Waals surface area contributed by atoms with Crippen molar-refractivity contribution in [2.45, 2.75) is 0 Å². The minimum absolute atomic E-state index is 0. The summed E-state index contributed by atoms with van der Waals surface area (Å²) >= 11 is 0. The van der Waals surface area contributed by atoms with Crippen LogP contribution in [0.15, 0.2) is 0 Å². The van der Waals surface area contributed by atoms with Crippen LogP contribution in [0.4, 0.5) is 13.6 Å². The van der Waals surface area contributed by atoms with E-state index in [2.05, 4.69) is 14.6 Å². The largest absolute Gasteiger partial charge is 0.737 e. The highest BCUT2D eigenvalue weighted by molar-refractivity contribution is 6.92. The molecule has 3 nitrogen and oxygen atoms in total. The molecule has 8 heteroatoms. The molecule has 0 aromatic rings. The second kappa shape index (κ2) is 7.16. The molecule has 0 spiro atoms. The zero-order chi connectivity index (χ0) is 5.70. The lowest BCUT2D eigenvalue weighted by Crippen LogP contribution is -2.15. The monoisotopic (exact) mass is 150 g/mol. The molecule has 0 aliphatic carbocycles. The Morgan fingerprint density at radius 2 is 1.12 bits per heavy atom. The maximum atomic E-state index is 10.4. The van der Waals surface area contributed by atoms with E-state index in [0.717, 1.165) is 0 Å². The van der Waals surface area contributed by atoms with Crippen molar-refractivity contribution in [1.82, 2.24) is 0 Å². The Morgan fingerprint density at radius 1 is 0.875 bits per heavy atom. The Labute approximate surface area is 46.6 Å². The van der Waals surface area contributed by atoms with Gasteiger partial charge in [0.2, 0.25) is 0 Å². The lowest BCUT2D eigenvalue weighted by molar-refractivity contribution is -0.190. The number of hydrogen-bond acceptors (Lipinski definition) is 3. The molecule has 8 heavy (non-hydrogen) atoms. The van der Waals surface area contributed by atoms with E-state index in [-0.39, 0.29) is 9.90 Å². The highest BCUT2D eigenvalue weighted by Gasteiger charge is 2.24. The minimum atomic E-state index is -2.51. The van der Waals surface area contributed by atoms with Crippen molar-refractivity contribution < 1.29 is 28.2 Å². The van der Waals surface area contributed by atoms with Gasteiger partial charge >= 0.3 is 7.32 Å². The van der Waals surface area contributed by atoms with Crippen LogP contribution in [-0.4, -0.2) is 7.32 Å². The summed E-state index contributed by atoms with van der Waals surface area (Å²) in [6.07, 6.45) is 0. The first-order chi connectivity index (χ1) is 3.35. The van der Waals surface area contributed by atoms with Gasteiger partial charge in [-0.1, -0.05) is 13.6 Å². The van der Waals surface area contributed by atoms with E-state index in [1.54, 1.807) is 0 Å². The van der Waals surface area contributed by atoms with Crippen molar-refractivity contribution >= 4 is 17.2 Å². The van der Waals surface area contributed by atoms with E-state index >= 15 is 0 Å². The van der Waals surface area contributed by atoms with Gasteiger partial charge in [0.1, 0.15) is 0 Å². The third-order valence-corrected chi connectivity index (χ3v) is 0.218. The van der Waals surface area contributed by atoms with E-state index in [4.69, 9.17) is 0 Å². The van der Waals surface area contributed by atoms with Crippen LogP contribution in [0.3, 0.4) is 0 Å². The molecule has 0 rings (SSSR count). The lowest BCUT2D eigenvalue weighted by Gasteiger charge is -1.88. The average Bonchev–Trinajstić information content (AvgIpc) is 1.72. The van der Waals surface area contributed by atoms with Crippen LogP contribution in [0, 0.1) is 0 Å². The van der Waals surface area contributed by atoms with Crippen molar-refractivity contribution in [3.63, 3.8) is 0 Å². The molecule has 1 unspecified atom stereocenters. The molecule has 1 atom stereocenters. The standard InChI is InChI=1S/BF3O3.H3P/c2-5-1(6-3)7-4;/h;1H3. The van der Waals surface area contributed by atoms with Crippen LogP contribution in [0.5, 0.6) is 0 Å². The molecule has 0 fully saturated rings. The van der Waals surface area contributed by atoms with Gasteiger partial charge in [-0.05, 0) is 0 Å². The molecule has 50 valence electrons. The van der Waals surface area contributed by atoms with Crippen molar-refractivity contribution in [3.05, 3.63) is 0 Å². The van der Waals surface area contributed by atoms with E-state index in [1.807, 2.05) is 0 Å². The van der Waals surface area contributed by atoms with Crippen LogP contribution >= 0.6 is 9.90 Å². The highest BCUT2D eigenvalue weighted by Crippen LogP contribution is 1.91. The quantitative estimate of drug-likeness (QED) is 0.438. The predicted molar refractivity (Wildman–Crippen MR) is 23.4 cm³/mol. The molecule has 0 N–H and O–H groups in total. The van der Waals surface area contributed by atoms with Crippen LogP contribution in [0.1, 0.15) is 0 Å². The zero-order valence-electron chi connectivity index (χ0n) is 3.64. The van der Waals surface area contributed by atoms with Gasteiger partial charge in [-0.3, -0.25) is 0 Å². The topological polar surface area (TPSA) is 27.7 Å². The molecule has 0 radical (unpaired) electrons. The first kappa shape index (κ1) is 11.0. The minimum Gasteiger partial charge on any atom is -0.185 e. The van der Waals surface area contributed by atoms with Gasteiger partial charge in [-0.15, -0.1) is 0 Å². The maximum absolute atomic E-state index is 10.4. The molecule has 0 bridgehead atoms. The first-order valence-electron chi connectivity index (χ1n) is 1.17. The van der Waals surface area contributed by atoms with Crippen LogP contribution in [0.2, 0.25) is 0 Å². The van der Waals surface area contributed by atoms with Gasteiger partial charge in [-0.2, -0.15) is 24.5 Å². The summed E-state index contributed by atoms with van der Waals surface area (Å²) in [5.74, 6) is 0. The lowest BCUT2D eigenvalue weighted by atomic mass is 10.3. The van der Waals surface area contributed by atoms with E-state index in [1.165, 1.54) is 0 Å². The third-order valence-electron chi connectivity index (χ3n) is 0.218. The molecule has 0 heterocycles. The Kier molecular flexibility index (Phi) is 9.88. The average molecular weight is 150 g/mol. The van der Waals surface area contributed by atoms with Gasteiger partial charge in [0.25, 0.3) is 0 Å². The summed E-state index contributed by atoms with van der Waals surface area (Å²) < 4.78 is 31.3. The molecular weight excluding hydrogens is 147 g/mol. The molecule has 0 aliphatic heterocycles. The number of halogens is 3. The van der Waals surface area contributed by atoms with Crippen molar-refractivity contribution in [1.29, 1.82) is 0 Å². The fourth-order valence-corrected chi connectivity index (χ4v) is 0.0412. The SMILES string of the molecule is FOB(OF)OF.P. The van der Waals surface area contributed by atoms with Crippen molar-refractivity contribution in [2.24, 2.45) is 0 Å². The Bertz CT molecular complexity index is 36.0. The molecular formula is H3BF3O3P. The molecule has 0 aromatic carbocycles. The van der Waals surface area contributed by atoms with E-state index in [9.17, 15) is 13.6 Å². The fourth-order valence-electron chi connectivity index (χ4n) is 0.0412. The van der Waals surface area contributed by atoms with Gasteiger partial charge < -0.3 is 0 Å². The van der Waals surface area contributed by atoms with E-state index < -0.39 is 7.32 Å². The van der Waals surface area contributed by atoms with Crippen LogP contribution in [0.25, 0.3) is 0 Å². The molecule has 0 amide bonds. The van der Waals surface area contributed by atoms with Crippen LogP contribution < -0.4 is 0 Å². The first-order valence-corrected chi connectivity index (χ1v) is 1.17. The molecule has 0 aliphatic rings. The van der Waals surface area contributed by atoms with Crippen molar-refractivity contribution in [3.8, 4) is 0 Å². The molecule has 0 aromatic heterocycles. The number of rotatable bonds is 3. The summed E-state index contributed by atoms with van der Waals surface area (Å²) in [7, 11) is -2.51. The van der Waals surface area contributed by atoms with Crippen LogP contribution in [-0.2, 0) is 14.6 Å². The van der Waals surface area contributed by atoms with Gasteiger partial charge in [0, 0.05) is 0 Å².